The van der Waals surface area contributed by atoms with Crippen molar-refractivity contribution in [1.82, 2.24) is 0 Å². The highest BCUT2D eigenvalue weighted by Crippen LogP contribution is 2.50. The lowest BCUT2D eigenvalue weighted by Gasteiger charge is -2.30. The van der Waals surface area contributed by atoms with Gasteiger partial charge in [-0.3, -0.25) is 14.5 Å². The number of carbonyl (C=O) groups excluding carboxylic acids is 2. The van der Waals surface area contributed by atoms with Crippen molar-refractivity contribution in [1.29, 1.82) is 0 Å². The van der Waals surface area contributed by atoms with Crippen LogP contribution in [0.1, 0.15) is 32.1 Å². The van der Waals surface area contributed by atoms with Crippen molar-refractivity contribution < 1.29 is 14.3 Å². The van der Waals surface area contributed by atoms with Gasteiger partial charge in [0, 0.05) is 16.2 Å². The second-order valence-corrected chi connectivity index (χ2v) is 9.15. The third-order valence-corrected chi connectivity index (χ3v) is 7.48. The summed E-state index contributed by atoms with van der Waals surface area (Å²) >= 11 is 1.65. The van der Waals surface area contributed by atoms with E-state index in [1.165, 1.54) is 19.3 Å². The first-order valence-electron chi connectivity index (χ1n) is 10.0. The smallest absolute Gasteiger partial charge is 0.306 e. The minimum atomic E-state index is -0.237. The molecule has 3 aliphatic rings. The molecule has 4 nitrogen and oxygen atoms in total. The van der Waals surface area contributed by atoms with E-state index in [2.05, 4.69) is 0 Å². The van der Waals surface area contributed by atoms with Gasteiger partial charge in [-0.2, -0.15) is 0 Å². The van der Waals surface area contributed by atoms with E-state index in [9.17, 15) is 9.59 Å². The molecule has 5 rings (SSSR count). The first-order valence-corrected chi connectivity index (χ1v) is 10.8. The summed E-state index contributed by atoms with van der Waals surface area (Å²) in [6.45, 7) is -0.215. The molecule has 2 aromatic rings. The van der Waals surface area contributed by atoms with Crippen LogP contribution in [0.4, 0.5) is 11.4 Å². The molecule has 144 valence electrons. The number of fused-ring (bicyclic) bond motifs is 4. The second-order valence-electron chi connectivity index (χ2n) is 8.07. The van der Waals surface area contributed by atoms with E-state index in [1.54, 1.807) is 16.7 Å². The van der Waals surface area contributed by atoms with Gasteiger partial charge in [-0.1, -0.05) is 42.4 Å². The topological polar surface area (TPSA) is 46.6 Å². The molecule has 28 heavy (non-hydrogen) atoms. The van der Waals surface area contributed by atoms with Gasteiger partial charge in [0.15, 0.2) is 6.61 Å². The number of hydrogen-bond donors (Lipinski definition) is 0. The molecule has 5 heteroatoms. The monoisotopic (exact) mass is 393 g/mol. The zero-order chi connectivity index (χ0) is 19.1. The van der Waals surface area contributed by atoms with Gasteiger partial charge in [-0.05, 0) is 61.3 Å². The molecule has 2 fully saturated rings. The number of amides is 1. The Morgan fingerprint density at radius 2 is 1.64 bits per heavy atom. The van der Waals surface area contributed by atoms with Gasteiger partial charge in [-0.25, -0.2) is 0 Å². The van der Waals surface area contributed by atoms with Crippen LogP contribution < -0.4 is 4.90 Å². The maximum Gasteiger partial charge on any atom is 0.306 e. The van der Waals surface area contributed by atoms with Crippen LogP contribution in [0.15, 0.2) is 58.3 Å². The zero-order valence-corrected chi connectivity index (χ0v) is 16.5. The van der Waals surface area contributed by atoms with E-state index in [-0.39, 0.29) is 18.5 Å². The number of carbonyl (C=O) groups is 2. The minimum Gasteiger partial charge on any atom is -0.456 e. The average Bonchev–Trinajstić information content (AvgIpc) is 3.33. The molecule has 2 bridgehead atoms. The summed E-state index contributed by atoms with van der Waals surface area (Å²) in [7, 11) is 0. The highest BCUT2D eigenvalue weighted by atomic mass is 32.2. The van der Waals surface area contributed by atoms with E-state index >= 15 is 0 Å². The number of hydrogen-bond acceptors (Lipinski definition) is 4. The highest BCUT2D eigenvalue weighted by Gasteiger charge is 2.40. The Bertz CT molecular complexity index is 882. The molecule has 1 amide bonds. The number of esters is 1. The van der Waals surface area contributed by atoms with Gasteiger partial charge >= 0.3 is 5.97 Å². The molecule has 2 saturated carbocycles. The van der Waals surface area contributed by atoms with Gasteiger partial charge in [0.05, 0.1) is 11.4 Å². The molecule has 3 atom stereocenters. The van der Waals surface area contributed by atoms with Crippen molar-refractivity contribution in [3.8, 4) is 0 Å². The van der Waals surface area contributed by atoms with E-state index in [0.717, 1.165) is 33.5 Å². The van der Waals surface area contributed by atoms with Crippen LogP contribution in [0, 0.1) is 17.8 Å². The first kappa shape index (κ1) is 17.8. The lowest BCUT2D eigenvalue weighted by atomic mass is 9.86. The summed E-state index contributed by atoms with van der Waals surface area (Å²) < 4.78 is 5.42. The molecular formula is C23H23NO3S. The van der Waals surface area contributed by atoms with Gasteiger partial charge < -0.3 is 4.74 Å². The predicted molar refractivity (Wildman–Crippen MR) is 109 cm³/mol. The van der Waals surface area contributed by atoms with E-state index < -0.39 is 0 Å². The normalized spacial score (nSPS) is 24.6. The molecule has 0 unspecified atom stereocenters. The maximum atomic E-state index is 13.0. The lowest BCUT2D eigenvalue weighted by molar-refractivity contribution is -0.149. The minimum absolute atomic E-state index is 0.207. The van der Waals surface area contributed by atoms with Crippen molar-refractivity contribution in [3.63, 3.8) is 0 Å². The Morgan fingerprint density at radius 1 is 0.964 bits per heavy atom. The van der Waals surface area contributed by atoms with Gasteiger partial charge in [0.25, 0.3) is 5.91 Å². The van der Waals surface area contributed by atoms with Crippen LogP contribution in [0.5, 0.6) is 0 Å². The zero-order valence-electron chi connectivity index (χ0n) is 15.7. The van der Waals surface area contributed by atoms with E-state index in [0.29, 0.717) is 18.3 Å². The Hall–Kier alpha value is -2.27. The third-order valence-electron chi connectivity index (χ3n) is 6.35. The van der Waals surface area contributed by atoms with Crippen LogP contribution in [0.2, 0.25) is 0 Å². The van der Waals surface area contributed by atoms with Crippen molar-refractivity contribution in [2.75, 3.05) is 11.5 Å². The highest BCUT2D eigenvalue weighted by molar-refractivity contribution is 7.99. The predicted octanol–water partition coefficient (Wildman–Crippen LogP) is 5.19. The fourth-order valence-corrected chi connectivity index (χ4v) is 6.14. The number of para-hydroxylation sites is 2. The van der Waals surface area contributed by atoms with Crippen LogP contribution in [-0.2, 0) is 14.3 Å². The number of nitrogens with zero attached hydrogens (tertiary/aromatic N) is 1. The number of ether oxygens (including phenoxy) is 1. The Labute approximate surface area is 169 Å². The fourth-order valence-electron chi connectivity index (χ4n) is 5.08. The molecule has 1 aliphatic heterocycles. The SMILES string of the molecule is O=C(C[C@@H]1C[C@@H]2CC[C@@H]1C2)OCC(=O)N1c2ccccc2Sc2ccccc21. The Morgan fingerprint density at radius 3 is 2.25 bits per heavy atom. The summed E-state index contributed by atoms with van der Waals surface area (Å²) in [4.78, 5) is 29.1. The van der Waals surface area contributed by atoms with Gasteiger partial charge in [0.2, 0.25) is 0 Å². The van der Waals surface area contributed by atoms with Crippen LogP contribution in [-0.4, -0.2) is 18.5 Å². The average molecular weight is 394 g/mol. The lowest BCUT2D eigenvalue weighted by Crippen LogP contribution is -2.33. The van der Waals surface area contributed by atoms with E-state index in [4.69, 9.17) is 4.74 Å². The molecule has 0 radical (unpaired) electrons. The van der Waals surface area contributed by atoms with Crippen molar-refractivity contribution >= 4 is 35.0 Å². The number of benzene rings is 2. The standard InChI is InChI=1S/C23H23NO3S/c25-22(14-27-23(26)13-17-12-15-9-10-16(17)11-15)24-18-5-1-3-7-20(18)28-21-8-4-2-6-19(21)24/h1-8,15-17H,9-14H2/t15-,16-,17+/m1/s1. The third kappa shape index (κ3) is 3.22. The van der Waals surface area contributed by atoms with Gasteiger partial charge in [-0.15, -0.1) is 0 Å². The first-order chi connectivity index (χ1) is 13.7. The fraction of sp³-hybridized carbons (Fsp3) is 0.391. The molecule has 0 aromatic heterocycles. The molecule has 1 heterocycles. The Kier molecular flexibility index (Phi) is 4.63. The van der Waals surface area contributed by atoms with E-state index in [1.807, 2.05) is 48.5 Å². The van der Waals surface area contributed by atoms with Crippen LogP contribution >= 0.6 is 11.8 Å². The summed E-state index contributed by atoms with van der Waals surface area (Å²) in [5, 5.41) is 0. The van der Waals surface area contributed by atoms with Crippen molar-refractivity contribution in [3.05, 3.63) is 48.5 Å². The second kappa shape index (κ2) is 7.28. The molecule has 2 aromatic carbocycles. The Balaban J connectivity index is 1.28. The largest absolute Gasteiger partial charge is 0.456 e. The van der Waals surface area contributed by atoms with Crippen LogP contribution in [0.3, 0.4) is 0 Å². The summed E-state index contributed by atoms with van der Waals surface area (Å²) in [6, 6.07) is 15.7. The molecule has 0 spiro atoms. The summed E-state index contributed by atoms with van der Waals surface area (Å²) in [5.41, 5.74) is 1.70. The molecule has 0 saturated heterocycles. The summed E-state index contributed by atoms with van der Waals surface area (Å²) in [5.74, 6) is 1.50. The molecular weight excluding hydrogens is 370 g/mol. The number of rotatable bonds is 4. The maximum absolute atomic E-state index is 13.0. The molecule has 2 aliphatic carbocycles. The van der Waals surface area contributed by atoms with Crippen molar-refractivity contribution in [2.45, 2.75) is 41.9 Å². The quantitative estimate of drug-likeness (QED) is 0.671. The van der Waals surface area contributed by atoms with Gasteiger partial charge in [0.1, 0.15) is 0 Å². The van der Waals surface area contributed by atoms with Crippen LogP contribution in [0.25, 0.3) is 0 Å². The summed E-state index contributed by atoms with van der Waals surface area (Å²) in [6.07, 6.45) is 5.45. The molecule has 0 N–H and O–H groups in total. The number of anilines is 2. The van der Waals surface area contributed by atoms with Crippen molar-refractivity contribution in [2.24, 2.45) is 17.8 Å².